The van der Waals surface area contributed by atoms with Crippen molar-refractivity contribution in [1.29, 1.82) is 0 Å². The molecule has 42 heavy (non-hydrogen) atoms. The van der Waals surface area contributed by atoms with Crippen molar-refractivity contribution < 1.29 is 31.1 Å². The van der Waals surface area contributed by atoms with Gasteiger partial charge in [0.25, 0.3) is 0 Å². The molecule has 3 aromatic carbocycles. The van der Waals surface area contributed by atoms with E-state index in [9.17, 15) is 26.3 Å². The molecule has 0 bridgehead atoms. The fraction of sp³-hybridized carbons (Fsp3) is 0.111. The molecule has 5 rings (SSSR count). The Balaban J connectivity index is 1.34. The average molecular weight is 623 g/mol. The molecule has 0 N–H and O–H groups in total. The number of halogens is 7. The number of alkyl halides is 6. The Morgan fingerprint density at radius 2 is 1.67 bits per heavy atom. The van der Waals surface area contributed by atoms with Gasteiger partial charge in [-0.15, -0.1) is 34.7 Å². The molecule has 0 saturated carbocycles. The molecular weight excluding hydrogens is 606 g/mol. The van der Waals surface area contributed by atoms with Crippen LogP contribution < -0.4 is 9.54 Å². The quantitative estimate of drug-likeness (QED) is 0.111. The standard InChI is InChI=1S/C27H17ClF6N6OS/c1-16-14-42-25(40(16)23-21(26(29,30)31)3-2-4-22(23)28)37-36-13-17-5-7-18(8-6-17)24-35-15-39(38-24)19-9-11-20(12-10-19)41-27(32,33)34/h2-15H,1H3. The molecule has 2 heterocycles. The molecule has 0 aliphatic rings. The fourth-order valence-corrected chi connectivity index (χ4v) is 4.96. The first-order valence-electron chi connectivity index (χ1n) is 11.9. The van der Waals surface area contributed by atoms with Crippen LogP contribution in [0.5, 0.6) is 5.75 Å². The Morgan fingerprint density at radius 3 is 2.33 bits per heavy atom. The van der Waals surface area contributed by atoms with Crippen LogP contribution in [0, 0.1) is 6.92 Å². The second-order valence-corrected chi connectivity index (χ2v) is 9.89. The summed E-state index contributed by atoms with van der Waals surface area (Å²) < 4.78 is 84.8. The molecule has 0 aliphatic carbocycles. The maximum Gasteiger partial charge on any atom is 0.573 e. The van der Waals surface area contributed by atoms with Gasteiger partial charge in [0.1, 0.15) is 12.1 Å². The third kappa shape index (κ3) is 6.55. The number of para-hydroxylation sites is 1. The van der Waals surface area contributed by atoms with Gasteiger partial charge >= 0.3 is 12.5 Å². The number of thiazole rings is 1. The number of aromatic nitrogens is 4. The van der Waals surface area contributed by atoms with E-state index in [0.717, 1.165) is 17.4 Å². The van der Waals surface area contributed by atoms with E-state index in [-0.39, 0.29) is 21.3 Å². The highest BCUT2D eigenvalue weighted by Crippen LogP contribution is 2.37. The summed E-state index contributed by atoms with van der Waals surface area (Å²) >= 11 is 7.30. The highest BCUT2D eigenvalue weighted by molar-refractivity contribution is 7.07. The van der Waals surface area contributed by atoms with Crippen LogP contribution in [0.3, 0.4) is 0 Å². The van der Waals surface area contributed by atoms with E-state index in [4.69, 9.17) is 11.6 Å². The second kappa shape index (κ2) is 11.4. The van der Waals surface area contributed by atoms with E-state index in [2.05, 4.69) is 25.0 Å². The molecule has 0 saturated heterocycles. The van der Waals surface area contributed by atoms with E-state index in [0.29, 0.717) is 28.3 Å². The molecule has 0 radical (unpaired) electrons. The van der Waals surface area contributed by atoms with Crippen LogP contribution in [-0.2, 0) is 6.18 Å². The minimum Gasteiger partial charge on any atom is -0.406 e. The van der Waals surface area contributed by atoms with Crippen LogP contribution in [0.2, 0.25) is 5.02 Å². The number of benzene rings is 3. The predicted octanol–water partition coefficient (Wildman–Crippen LogP) is 7.60. The molecule has 0 unspecified atom stereocenters. The number of nitrogens with zero attached hydrogens (tertiary/aromatic N) is 6. The minimum atomic E-state index is -4.78. The topological polar surface area (TPSA) is 69.6 Å². The predicted molar refractivity (Wildman–Crippen MR) is 145 cm³/mol. The zero-order chi connectivity index (χ0) is 30.1. The Labute approximate surface area is 242 Å². The monoisotopic (exact) mass is 622 g/mol. The Kier molecular flexibility index (Phi) is 7.93. The molecular formula is C27H17ClF6N6OS. The van der Waals surface area contributed by atoms with Crippen molar-refractivity contribution in [2.75, 3.05) is 0 Å². The summed E-state index contributed by atoms with van der Waals surface area (Å²) in [6, 6.07) is 15.7. The van der Waals surface area contributed by atoms with E-state index in [1.807, 2.05) is 0 Å². The van der Waals surface area contributed by atoms with Gasteiger partial charge in [-0.05, 0) is 48.9 Å². The van der Waals surface area contributed by atoms with Crippen molar-refractivity contribution >= 4 is 29.2 Å². The molecule has 216 valence electrons. The van der Waals surface area contributed by atoms with Crippen molar-refractivity contribution in [1.82, 2.24) is 19.3 Å². The summed E-state index contributed by atoms with van der Waals surface area (Å²) in [6.07, 6.45) is -6.54. The molecule has 7 nitrogen and oxygen atoms in total. The number of ether oxygens (including phenoxy) is 1. The molecule has 5 aromatic rings. The van der Waals surface area contributed by atoms with Gasteiger partial charge in [0.05, 0.1) is 28.2 Å². The van der Waals surface area contributed by atoms with Crippen LogP contribution in [-0.4, -0.2) is 31.9 Å². The first-order valence-corrected chi connectivity index (χ1v) is 13.1. The lowest BCUT2D eigenvalue weighted by atomic mass is 10.1. The highest BCUT2D eigenvalue weighted by Gasteiger charge is 2.35. The smallest absolute Gasteiger partial charge is 0.406 e. The summed E-state index contributed by atoms with van der Waals surface area (Å²) in [5, 5.41) is 14.1. The van der Waals surface area contributed by atoms with Crippen LogP contribution in [0.4, 0.5) is 26.3 Å². The SMILES string of the molecule is Cc1csc(=NN=Cc2ccc(-c3ncn(-c4ccc(OC(F)(F)F)cc4)n3)cc2)n1-c1c(Cl)cccc1C(F)(F)F. The zero-order valence-corrected chi connectivity index (χ0v) is 22.8. The van der Waals surface area contributed by atoms with Crippen LogP contribution >= 0.6 is 22.9 Å². The Bertz CT molecular complexity index is 1810. The zero-order valence-electron chi connectivity index (χ0n) is 21.2. The molecule has 0 spiro atoms. The van der Waals surface area contributed by atoms with Gasteiger partial charge in [-0.2, -0.15) is 18.3 Å². The van der Waals surface area contributed by atoms with E-state index < -0.39 is 18.1 Å². The summed E-state index contributed by atoms with van der Waals surface area (Å²) in [7, 11) is 0. The largest absolute Gasteiger partial charge is 0.573 e. The van der Waals surface area contributed by atoms with Gasteiger partial charge in [-0.1, -0.05) is 41.9 Å². The lowest BCUT2D eigenvalue weighted by molar-refractivity contribution is -0.274. The third-order valence-corrected chi connectivity index (χ3v) is 6.98. The number of hydrogen-bond donors (Lipinski definition) is 0. The van der Waals surface area contributed by atoms with Crippen molar-refractivity contribution in [3.63, 3.8) is 0 Å². The van der Waals surface area contributed by atoms with Crippen LogP contribution in [0.15, 0.2) is 88.6 Å². The number of rotatable bonds is 6. The van der Waals surface area contributed by atoms with Crippen molar-refractivity contribution in [2.45, 2.75) is 19.5 Å². The van der Waals surface area contributed by atoms with E-state index in [1.165, 1.54) is 58.2 Å². The average Bonchev–Trinajstić information content (AvgIpc) is 3.55. The molecule has 0 aliphatic heterocycles. The molecule has 0 fully saturated rings. The molecule has 0 amide bonds. The first kappa shape index (κ1) is 29.1. The van der Waals surface area contributed by atoms with E-state index in [1.54, 1.807) is 36.6 Å². The highest BCUT2D eigenvalue weighted by atomic mass is 35.5. The lowest BCUT2D eigenvalue weighted by Gasteiger charge is -2.16. The fourth-order valence-electron chi connectivity index (χ4n) is 3.89. The van der Waals surface area contributed by atoms with Gasteiger partial charge in [-0.3, -0.25) is 4.57 Å². The number of hydrogen-bond acceptors (Lipinski definition) is 6. The van der Waals surface area contributed by atoms with Gasteiger partial charge < -0.3 is 4.74 Å². The van der Waals surface area contributed by atoms with E-state index >= 15 is 0 Å². The van der Waals surface area contributed by atoms with Crippen LogP contribution in [0.25, 0.3) is 22.8 Å². The third-order valence-electron chi connectivity index (χ3n) is 5.74. The maximum absolute atomic E-state index is 13.7. The summed E-state index contributed by atoms with van der Waals surface area (Å²) in [6.45, 7) is 1.65. The Hall–Kier alpha value is -4.43. The van der Waals surface area contributed by atoms with Gasteiger partial charge in [0.15, 0.2) is 5.82 Å². The van der Waals surface area contributed by atoms with Crippen molar-refractivity contribution in [3.05, 3.63) is 105 Å². The van der Waals surface area contributed by atoms with Gasteiger partial charge in [-0.25, -0.2) is 9.67 Å². The molecule has 15 heteroatoms. The summed E-state index contributed by atoms with van der Waals surface area (Å²) in [5.41, 5.74) is 1.19. The minimum absolute atomic E-state index is 0.0733. The first-order chi connectivity index (χ1) is 19.9. The normalized spacial score (nSPS) is 12.8. The molecule has 2 aromatic heterocycles. The molecule has 0 atom stereocenters. The Morgan fingerprint density at radius 1 is 0.952 bits per heavy atom. The van der Waals surface area contributed by atoms with Gasteiger partial charge in [0.2, 0.25) is 4.80 Å². The summed E-state index contributed by atoms with van der Waals surface area (Å²) in [4.78, 5) is 4.45. The second-order valence-electron chi connectivity index (χ2n) is 8.65. The van der Waals surface area contributed by atoms with Crippen LogP contribution in [0.1, 0.15) is 16.8 Å². The lowest BCUT2D eigenvalue weighted by Crippen LogP contribution is -2.19. The van der Waals surface area contributed by atoms with Gasteiger partial charge in [0, 0.05) is 16.6 Å². The number of aryl methyl sites for hydroxylation is 1. The van der Waals surface area contributed by atoms with Crippen molar-refractivity contribution in [2.24, 2.45) is 10.2 Å². The maximum atomic E-state index is 13.7. The summed E-state index contributed by atoms with van der Waals surface area (Å²) in [5.74, 6) is 0.0173. The van der Waals surface area contributed by atoms with Crippen molar-refractivity contribution in [3.8, 4) is 28.5 Å².